The van der Waals surface area contributed by atoms with Gasteiger partial charge in [-0.05, 0) is 36.7 Å². The molecular weight excluding hydrogens is 282 g/mol. The second kappa shape index (κ2) is 6.54. The third kappa shape index (κ3) is 3.60. The van der Waals surface area contributed by atoms with E-state index < -0.39 is 0 Å². The van der Waals surface area contributed by atoms with Crippen molar-refractivity contribution in [3.05, 3.63) is 28.8 Å². The Bertz CT molecular complexity index is 609. The molecule has 1 aliphatic heterocycles. The van der Waals surface area contributed by atoms with E-state index in [-0.39, 0.29) is 0 Å². The average molecular weight is 303 g/mol. The van der Waals surface area contributed by atoms with E-state index in [1.54, 1.807) is 11.3 Å². The van der Waals surface area contributed by atoms with E-state index in [4.69, 9.17) is 4.74 Å². The van der Waals surface area contributed by atoms with E-state index in [0.29, 0.717) is 6.04 Å². The largest absolute Gasteiger partial charge is 0.493 e. The van der Waals surface area contributed by atoms with E-state index in [1.165, 1.54) is 5.56 Å². The zero-order valence-electron chi connectivity index (χ0n) is 12.6. The topological polar surface area (TPSA) is 47.0 Å². The van der Waals surface area contributed by atoms with Gasteiger partial charge < -0.3 is 10.1 Å². The van der Waals surface area contributed by atoms with Crippen molar-refractivity contribution in [2.75, 3.05) is 13.2 Å². The molecule has 0 spiro atoms. The monoisotopic (exact) mass is 303 g/mol. The first-order valence-corrected chi connectivity index (χ1v) is 8.36. The Balaban J connectivity index is 1.62. The second-order valence-electron chi connectivity index (χ2n) is 5.63. The van der Waals surface area contributed by atoms with Crippen LogP contribution < -0.4 is 10.1 Å². The number of nitrogens with zero attached hydrogens (tertiary/aromatic N) is 2. The van der Waals surface area contributed by atoms with Gasteiger partial charge >= 0.3 is 0 Å². The quantitative estimate of drug-likeness (QED) is 0.833. The third-order valence-corrected chi connectivity index (χ3v) is 4.56. The van der Waals surface area contributed by atoms with Gasteiger partial charge in [0.05, 0.1) is 6.61 Å². The molecule has 0 fully saturated rings. The highest BCUT2D eigenvalue weighted by Gasteiger charge is 2.14. The highest BCUT2D eigenvalue weighted by molar-refractivity contribution is 7.14. The number of benzene rings is 1. The minimum Gasteiger partial charge on any atom is -0.493 e. The molecule has 0 saturated carbocycles. The average Bonchev–Trinajstić information content (AvgIpc) is 3.11. The van der Waals surface area contributed by atoms with E-state index in [0.717, 1.165) is 53.7 Å². The maximum absolute atomic E-state index is 5.54. The van der Waals surface area contributed by atoms with Crippen LogP contribution in [0.4, 0.5) is 0 Å². The molecule has 0 amide bonds. The first-order valence-electron chi connectivity index (χ1n) is 7.54. The molecule has 4 nitrogen and oxygen atoms in total. The number of fused-ring (bicyclic) bond motifs is 1. The molecule has 0 bridgehead atoms. The Morgan fingerprint density at radius 2 is 2.24 bits per heavy atom. The molecule has 112 valence electrons. The van der Waals surface area contributed by atoms with Gasteiger partial charge in [-0.15, -0.1) is 10.2 Å². The fourth-order valence-electron chi connectivity index (χ4n) is 2.42. The zero-order chi connectivity index (χ0) is 14.7. The maximum Gasteiger partial charge on any atom is 0.147 e. The molecule has 2 heterocycles. The lowest BCUT2D eigenvalue weighted by Gasteiger charge is -2.05. The lowest BCUT2D eigenvalue weighted by Crippen LogP contribution is -2.23. The number of hydrogen-bond acceptors (Lipinski definition) is 5. The van der Waals surface area contributed by atoms with Gasteiger partial charge in [0.15, 0.2) is 0 Å². The molecule has 1 aromatic heterocycles. The van der Waals surface area contributed by atoms with Crippen LogP contribution >= 0.6 is 11.3 Å². The summed E-state index contributed by atoms with van der Waals surface area (Å²) in [5.74, 6) is 1.02. The van der Waals surface area contributed by atoms with Crippen LogP contribution in [0.15, 0.2) is 18.2 Å². The SMILES string of the molecule is CC(C)NCCCc1nnc(-c2ccc3c(c2)CCO3)s1. The summed E-state index contributed by atoms with van der Waals surface area (Å²) in [5.41, 5.74) is 2.44. The molecule has 1 N–H and O–H groups in total. The third-order valence-electron chi connectivity index (χ3n) is 3.52. The minimum absolute atomic E-state index is 0.545. The molecule has 0 saturated heterocycles. The molecule has 0 radical (unpaired) electrons. The molecule has 2 aromatic rings. The summed E-state index contributed by atoms with van der Waals surface area (Å²) in [5, 5.41) is 14.2. The zero-order valence-corrected chi connectivity index (χ0v) is 13.4. The van der Waals surface area contributed by atoms with Crippen LogP contribution in [0.25, 0.3) is 10.6 Å². The molecule has 3 rings (SSSR count). The number of nitrogens with one attached hydrogen (secondary N) is 1. The first kappa shape index (κ1) is 14.5. The summed E-state index contributed by atoms with van der Waals surface area (Å²) in [6.07, 6.45) is 3.09. The van der Waals surface area contributed by atoms with Gasteiger partial charge in [0.2, 0.25) is 0 Å². The predicted octanol–water partition coefficient (Wildman–Crippen LogP) is 3.07. The lowest BCUT2D eigenvalue weighted by atomic mass is 10.1. The molecule has 21 heavy (non-hydrogen) atoms. The normalized spacial score (nSPS) is 13.5. The van der Waals surface area contributed by atoms with Gasteiger partial charge in [-0.1, -0.05) is 25.2 Å². The number of aryl methyl sites for hydroxylation is 1. The van der Waals surface area contributed by atoms with Gasteiger partial charge in [-0.25, -0.2) is 0 Å². The summed E-state index contributed by atoms with van der Waals surface area (Å²) < 4.78 is 5.54. The number of aromatic nitrogens is 2. The summed E-state index contributed by atoms with van der Waals surface area (Å²) in [7, 11) is 0. The minimum atomic E-state index is 0.545. The van der Waals surface area contributed by atoms with Crippen LogP contribution in [0.1, 0.15) is 30.8 Å². The summed E-state index contributed by atoms with van der Waals surface area (Å²) in [6.45, 7) is 6.16. The van der Waals surface area contributed by atoms with Crippen LogP contribution in [0.5, 0.6) is 5.75 Å². The standard InChI is InChI=1S/C16H21N3OS/c1-11(2)17-8-3-4-15-18-19-16(21-15)13-5-6-14-12(10-13)7-9-20-14/h5-6,10-11,17H,3-4,7-9H2,1-2H3. The Kier molecular flexibility index (Phi) is 4.51. The number of hydrogen-bond donors (Lipinski definition) is 1. The lowest BCUT2D eigenvalue weighted by molar-refractivity contribution is 0.357. The number of rotatable bonds is 6. The van der Waals surface area contributed by atoms with Gasteiger partial charge in [-0.3, -0.25) is 0 Å². The van der Waals surface area contributed by atoms with Crippen molar-refractivity contribution in [1.82, 2.24) is 15.5 Å². The van der Waals surface area contributed by atoms with Crippen LogP contribution in [-0.4, -0.2) is 29.4 Å². The van der Waals surface area contributed by atoms with Crippen molar-refractivity contribution in [1.29, 1.82) is 0 Å². The van der Waals surface area contributed by atoms with Gasteiger partial charge in [0.1, 0.15) is 15.8 Å². The fraction of sp³-hybridized carbons (Fsp3) is 0.500. The molecular formula is C16H21N3OS. The highest BCUT2D eigenvalue weighted by atomic mass is 32.1. The second-order valence-corrected chi connectivity index (χ2v) is 6.70. The van der Waals surface area contributed by atoms with Crippen molar-refractivity contribution >= 4 is 11.3 Å². The van der Waals surface area contributed by atoms with Crippen LogP contribution in [0, 0.1) is 0 Å². The van der Waals surface area contributed by atoms with E-state index in [1.807, 2.05) is 6.07 Å². The molecule has 0 atom stereocenters. The van der Waals surface area contributed by atoms with Gasteiger partial charge in [0.25, 0.3) is 0 Å². The smallest absolute Gasteiger partial charge is 0.147 e. The summed E-state index contributed by atoms with van der Waals surface area (Å²) in [4.78, 5) is 0. The van der Waals surface area contributed by atoms with E-state index in [2.05, 4.69) is 41.5 Å². The van der Waals surface area contributed by atoms with Crippen molar-refractivity contribution in [2.24, 2.45) is 0 Å². The van der Waals surface area contributed by atoms with E-state index >= 15 is 0 Å². The predicted molar refractivity (Wildman–Crippen MR) is 86.0 cm³/mol. The Morgan fingerprint density at radius 1 is 1.33 bits per heavy atom. The van der Waals surface area contributed by atoms with Gasteiger partial charge in [0, 0.05) is 24.4 Å². The maximum atomic E-state index is 5.54. The fourth-order valence-corrected chi connectivity index (χ4v) is 3.30. The Labute approximate surface area is 129 Å². The summed E-state index contributed by atoms with van der Waals surface area (Å²) in [6, 6.07) is 6.86. The van der Waals surface area contributed by atoms with Crippen molar-refractivity contribution in [3.63, 3.8) is 0 Å². The Morgan fingerprint density at radius 3 is 3.10 bits per heavy atom. The molecule has 1 aromatic carbocycles. The first-order chi connectivity index (χ1) is 10.2. The van der Waals surface area contributed by atoms with Gasteiger partial charge in [-0.2, -0.15) is 0 Å². The highest BCUT2D eigenvalue weighted by Crippen LogP contribution is 2.31. The molecule has 5 heteroatoms. The van der Waals surface area contributed by atoms with E-state index in [9.17, 15) is 0 Å². The van der Waals surface area contributed by atoms with Crippen molar-refractivity contribution in [3.8, 4) is 16.3 Å². The molecule has 0 aliphatic carbocycles. The number of ether oxygens (including phenoxy) is 1. The van der Waals surface area contributed by atoms with Crippen molar-refractivity contribution < 1.29 is 4.74 Å². The molecule has 1 aliphatic rings. The van der Waals surface area contributed by atoms with Crippen LogP contribution in [0.3, 0.4) is 0 Å². The molecule has 0 unspecified atom stereocenters. The Hall–Kier alpha value is -1.46. The van der Waals surface area contributed by atoms with Crippen LogP contribution in [-0.2, 0) is 12.8 Å². The van der Waals surface area contributed by atoms with Crippen molar-refractivity contribution in [2.45, 2.75) is 39.2 Å². The van der Waals surface area contributed by atoms with Crippen LogP contribution in [0.2, 0.25) is 0 Å². The summed E-state index contributed by atoms with van der Waals surface area (Å²) >= 11 is 1.70.